The van der Waals surface area contributed by atoms with Crippen LogP contribution < -0.4 is 10.2 Å². The highest BCUT2D eigenvalue weighted by molar-refractivity contribution is 6.30. The van der Waals surface area contributed by atoms with Gasteiger partial charge in [-0.3, -0.25) is 4.79 Å². The highest BCUT2D eigenvalue weighted by Crippen LogP contribution is 2.30. The molecular weight excluding hydrogens is 307 g/mol. The van der Waals surface area contributed by atoms with E-state index < -0.39 is 0 Å². The second kappa shape index (κ2) is 8.02. The molecule has 0 radical (unpaired) electrons. The monoisotopic (exact) mass is 328 g/mol. The lowest BCUT2D eigenvalue weighted by Gasteiger charge is -2.33. The van der Waals surface area contributed by atoms with Crippen LogP contribution in [-0.4, -0.2) is 30.4 Å². The Morgan fingerprint density at radius 1 is 1.33 bits per heavy atom. The van der Waals surface area contributed by atoms with Gasteiger partial charge in [-0.2, -0.15) is 0 Å². The van der Waals surface area contributed by atoms with Crippen LogP contribution in [0.3, 0.4) is 0 Å². The van der Waals surface area contributed by atoms with Gasteiger partial charge < -0.3 is 10.2 Å². The molecule has 1 saturated carbocycles. The van der Waals surface area contributed by atoms with Crippen molar-refractivity contribution in [2.24, 2.45) is 0 Å². The molecule has 1 fully saturated rings. The Hall–Kier alpha value is -0.770. The highest BCUT2D eigenvalue weighted by atomic mass is 35.5. The van der Waals surface area contributed by atoms with E-state index >= 15 is 0 Å². The molecule has 1 aromatic carbocycles. The Labute approximate surface area is 136 Å². The normalized spacial score (nSPS) is 21.5. The summed E-state index contributed by atoms with van der Waals surface area (Å²) in [7, 11) is 0. The zero-order valence-corrected chi connectivity index (χ0v) is 13.8. The molecule has 0 heterocycles. The van der Waals surface area contributed by atoms with Crippen molar-refractivity contribution in [2.45, 2.75) is 44.7 Å². The average Bonchev–Trinajstić information content (AvgIpc) is 2.90. The van der Waals surface area contributed by atoms with Crippen molar-refractivity contribution in [2.75, 3.05) is 17.3 Å². The molecule has 1 amide bonds. The summed E-state index contributed by atoms with van der Waals surface area (Å²) >= 11 is 11.7. The smallest absolute Gasteiger partial charge is 0.228 e. The Balaban J connectivity index is 2.27. The van der Waals surface area contributed by atoms with Crippen molar-refractivity contribution < 1.29 is 4.79 Å². The molecule has 2 atom stereocenters. The summed E-state index contributed by atoms with van der Waals surface area (Å²) in [5.41, 5.74) is 0.907. The first-order chi connectivity index (χ1) is 10.2. The van der Waals surface area contributed by atoms with E-state index in [0.717, 1.165) is 31.5 Å². The molecule has 1 N–H and O–H groups in total. The molecule has 116 valence electrons. The van der Waals surface area contributed by atoms with Gasteiger partial charge in [-0.05, 0) is 50.1 Å². The summed E-state index contributed by atoms with van der Waals surface area (Å²) in [6, 6.07) is 8.03. The van der Waals surface area contributed by atoms with Gasteiger partial charge >= 0.3 is 0 Å². The molecule has 0 bridgehead atoms. The standard InChI is InChI=1S/C16H22Cl2N2O/c1-2-19-14-4-3-5-15(14)20(16(21)10-11-17)13-8-6-12(18)7-9-13/h6-9,14-15,19H,2-5,10-11H2,1H3. The van der Waals surface area contributed by atoms with E-state index in [2.05, 4.69) is 12.2 Å². The molecule has 2 unspecified atom stereocenters. The molecule has 5 heteroatoms. The van der Waals surface area contributed by atoms with Crippen molar-refractivity contribution in [1.29, 1.82) is 0 Å². The predicted octanol–water partition coefficient (Wildman–Crippen LogP) is 3.83. The Morgan fingerprint density at radius 2 is 2.05 bits per heavy atom. The number of hydrogen-bond acceptors (Lipinski definition) is 2. The van der Waals surface area contributed by atoms with Crippen LogP contribution in [0, 0.1) is 0 Å². The molecule has 0 aliphatic heterocycles. The second-order valence-electron chi connectivity index (χ2n) is 5.34. The number of amides is 1. The number of likely N-dealkylation sites (N-methyl/N-ethyl adjacent to an activating group) is 1. The minimum Gasteiger partial charge on any atom is -0.312 e. The van der Waals surface area contributed by atoms with Crippen LogP contribution in [0.5, 0.6) is 0 Å². The molecule has 0 saturated heterocycles. The number of benzene rings is 1. The summed E-state index contributed by atoms with van der Waals surface area (Å²) in [6.45, 7) is 3.02. The van der Waals surface area contributed by atoms with Crippen molar-refractivity contribution >= 4 is 34.8 Å². The number of carbonyl (C=O) groups is 1. The number of hydrogen-bond donors (Lipinski definition) is 1. The molecule has 1 aliphatic carbocycles. The molecule has 0 spiro atoms. The lowest BCUT2D eigenvalue weighted by atomic mass is 10.1. The van der Waals surface area contributed by atoms with E-state index in [0.29, 0.717) is 23.4 Å². The fourth-order valence-electron chi connectivity index (χ4n) is 3.07. The number of halogens is 2. The summed E-state index contributed by atoms with van der Waals surface area (Å²) in [5.74, 6) is 0.434. The fourth-order valence-corrected chi connectivity index (χ4v) is 3.36. The third kappa shape index (κ3) is 4.12. The maximum absolute atomic E-state index is 12.5. The number of rotatable bonds is 6. The van der Waals surface area contributed by atoms with Crippen LogP contribution in [0.1, 0.15) is 32.6 Å². The van der Waals surface area contributed by atoms with Gasteiger partial charge in [-0.1, -0.05) is 18.5 Å². The Morgan fingerprint density at radius 3 is 2.67 bits per heavy atom. The minimum atomic E-state index is 0.0853. The number of anilines is 1. The van der Waals surface area contributed by atoms with E-state index in [1.165, 1.54) is 0 Å². The number of nitrogens with zero attached hydrogens (tertiary/aromatic N) is 1. The molecule has 0 aromatic heterocycles. The predicted molar refractivity (Wildman–Crippen MR) is 89.4 cm³/mol. The molecule has 2 rings (SSSR count). The number of alkyl halides is 1. The first kappa shape index (κ1) is 16.6. The number of nitrogens with one attached hydrogen (secondary N) is 1. The van der Waals surface area contributed by atoms with Gasteiger partial charge in [0, 0.05) is 29.1 Å². The lowest BCUT2D eigenvalue weighted by Crippen LogP contribution is -2.49. The van der Waals surface area contributed by atoms with Crippen molar-refractivity contribution in [3.8, 4) is 0 Å². The molecule has 3 nitrogen and oxygen atoms in total. The van der Waals surface area contributed by atoms with E-state index in [-0.39, 0.29) is 11.9 Å². The minimum absolute atomic E-state index is 0.0853. The van der Waals surface area contributed by atoms with Crippen molar-refractivity contribution in [1.82, 2.24) is 5.32 Å². The van der Waals surface area contributed by atoms with Crippen LogP contribution in [0.2, 0.25) is 5.02 Å². The zero-order chi connectivity index (χ0) is 15.2. The lowest BCUT2D eigenvalue weighted by molar-refractivity contribution is -0.118. The maximum atomic E-state index is 12.5. The quantitative estimate of drug-likeness (QED) is 0.805. The average molecular weight is 329 g/mol. The first-order valence-corrected chi connectivity index (χ1v) is 8.45. The van der Waals surface area contributed by atoms with E-state index in [9.17, 15) is 4.79 Å². The van der Waals surface area contributed by atoms with E-state index in [1.54, 1.807) is 0 Å². The van der Waals surface area contributed by atoms with E-state index in [4.69, 9.17) is 23.2 Å². The van der Waals surface area contributed by atoms with Gasteiger partial charge in [0.2, 0.25) is 5.91 Å². The molecule has 21 heavy (non-hydrogen) atoms. The summed E-state index contributed by atoms with van der Waals surface area (Å²) in [4.78, 5) is 14.5. The molecule has 1 aromatic rings. The summed E-state index contributed by atoms with van der Waals surface area (Å²) in [5, 5.41) is 4.18. The largest absolute Gasteiger partial charge is 0.312 e. The van der Waals surface area contributed by atoms with Gasteiger partial charge in [0.1, 0.15) is 0 Å². The van der Waals surface area contributed by atoms with Gasteiger partial charge in [0.05, 0.1) is 6.04 Å². The van der Waals surface area contributed by atoms with E-state index in [1.807, 2.05) is 29.2 Å². The highest BCUT2D eigenvalue weighted by Gasteiger charge is 2.34. The van der Waals surface area contributed by atoms with Gasteiger partial charge in [-0.25, -0.2) is 0 Å². The summed E-state index contributed by atoms with van der Waals surface area (Å²) in [6.07, 6.45) is 3.63. The SMILES string of the molecule is CCNC1CCCC1N(C(=O)CCCl)c1ccc(Cl)cc1. The maximum Gasteiger partial charge on any atom is 0.228 e. The van der Waals surface area contributed by atoms with Crippen LogP contribution >= 0.6 is 23.2 Å². The topological polar surface area (TPSA) is 32.3 Å². The number of carbonyl (C=O) groups excluding carboxylic acids is 1. The second-order valence-corrected chi connectivity index (χ2v) is 6.16. The van der Waals surface area contributed by atoms with Gasteiger partial charge in [0.25, 0.3) is 0 Å². The molecular formula is C16H22Cl2N2O. The van der Waals surface area contributed by atoms with Crippen LogP contribution in [0.25, 0.3) is 0 Å². The third-order valence-corrected chi connectivity index (χ3v) is 4.40. The third-order valence-electron chi connectivity index (χ3n) is 3.96. The van der Waals surface area contributed by atoms with Crippen molar-refractivity contribution in [3.63, 3.8) is 0 Å². The molecule has 1 aliphatic rings. The summed E-state index contributed by atoms with van der Waals surface area (Å²) < 4.78 is 0. The Bertz CT molecular complexity index is 464. The first-order valence-electron chi connectivity index (χ1n) is 7.54. The van der Waals surface area contributed by atoms with Gasteiger partial charge in [0.15, 0.2) is 0 Å². The van der Waals surface area contributed by atoms with Crippen LogP contribution in [0.15, 0.2) is 24.3 Å². The van der Waals surface area contributed by atoms with Crippen LogP contribution in [0.4, 0.5) is 5.69 Å². The van der Waals surface area contributed by atoms with Crippen molar-refractivity contribution in [3.05, 3.63) is 29.3 Å². The van der Waals surface area contributed by atoms with Crippen LogP contribution in [-0.2, 0) is 4.79 Å². The fraction of sp³-hybridized carbons (Fsp3) is 0.562. The Kier molecular flexibility index (Phi) is 6.34. The zero-order valence-electron chi connectivity index (χ0n) is 12.3. The van der Waals surface area contributed by atoms with Gasteiger partial charge in [-0.15, -0.1) is 11.6 Å².